The van der Waals surface area contributed by atoms with Crippen LogP contribution in [0.15, 0.2) is 10.7 Å². The molecule has 78 valence electrons. The van der Waals surface area contributed by atoms with Gasteiger partial charge in [-0.1, -0.05) is 20.8 Å². The van der Waals surface area contributed by atoms with Gasteiger partial charge in [-0.05, 0) is 17.9 Å². The van der Waals surface area contributed by atoms with Crippen LogP contribution in [0.3, 0.4) is 0 Å². The minimum Gasteiger partial charge on any atom is -0.481 e. The lowest BCUT2D eigenvalue weighted by Crippen LogP contribution is -2.14. The summed E-state index contributed by atoms with van der Waals surface area (Å²) in [5, 5.41) is 8.76. The highest BCUT2D eigenvalue weighted by atomic mass is 16.4. The zero-order valence-electron chi connectivity index (χ0n) is 9.05. The molecule has 0 saturated heterocycles. The highest BCUT2D eigenvalue weighted by molar-refractivity contribution is 5.71. The van der Waals surface area contributed by atoms with E-state index in [0.29, 0.717) is 5.76 Å². The summed E-state index contributed by atoms with van der Waals surface area (Å²) in [7, 11) is 0. The number of aliphatic carboxylic acids is 1. The molecule has 3 nitrogen and oxygen atoms in total. The average molecular weight is 196 g/mol. The molecule has 1 aromatic rings. The topological polar surface area (TPSA) is 50.4 Å². The van der Waals surface area contributed by atoms with Crippen LogP contribution < -0.4 is 0 Å². The molecule has 1 N–H and O–H groups in total. The second-order valence-corrected chi connectivity index (χ2v) is 4.50. The van der Waals surface area contributed by atoms with E-state index in [0.717, 1.165) is 11.1 Å². The summed E-state index contributed by atoms with van der Waals surface area (Å²) in [6.07, 6.45) is 1.70. The van der Waals surface area contributed by atoms with Crippen molar-refractivity contribution >= 4 is 5.97 Å². The largest absolute Gasteiger partial charge is 0.481 e. The molecule has 0 atom stereocenters. The first-order chi connectivity index (χ1) is 6.32. The molecule has 0 spiro atoms. The second-order valence-electron chi connectivity index (χ2n) is 4.50. The highest BCUT2D eigenvalue weighted by Gasteiger charge is 2.23. The van der Waals surface area contributed by atoms with Crippen LogP contribution in [0, 0.1) is 6.92 Å². The lowest BCUT2D eigenvalue weighted by atomic mass is 9.85. The van der Waals surface area contributed by atoms with E-state index in [1.807, 2.05) is 20.8 Å². The van der Waals surface area contributed by atoms with Crippen LogP contribution in [-0.4, -0.2) is 11.1 Å². The summed E-state index contributed by atoms with van der Waals surface area (Å²) < 4.78 is 5.26. The maximum absolute atomic E-state index is 10.7. The lowest BCUT2D eigenvalue weighted by molar-refractivity contribution is -0.136. The standard InChI is InChI=1S/C11H16O3/c1-7-8(5-10(12)13)9(6-14-7)11(2,3)4/h6H,5H2,1-4H3,(H,12,13). The molecule has 1 aromatic heterocycles. The van der Waals surface area contributed by atoms with E-state index in [2.05, 4.69) is 0 Å². The Hall–Kier alpha value is -1.25. The van der Waals surface area contributed by atoms with Crippen molar-refractivity contribution in [3.8, 4) is 0 Å². The summed E-state index contributed by atoms with van der Waals surface area (Å²) in [4.78, 5) is 10.7. The summed E-state index contributed by atoms with van der Waals surface area (Å²) in [5.41, 5.74) is 1.73. The summed E-state index contributed by atoms with van der Waals surface area (Å²) in [5.74, 6) is -0.114. The Morgan fingerprint density at radius 2 is 2.07 bits per heavy atom. The Morgan fingerprint density at radius 3 is 2.50 bits per heavy atom. The van der Waals surface area contributed by atoms with E-state index in [1.54, 1.807) is 13.2 Å². The summed E-state index contributed by atoms with van der Waals surface area (Å²) in [6, 6.07) is 0. The van der Waals surface area contributed by atoms with Gasteiger partial charge in [0.1, 0.15) is 5.76 Å². The predicted molar refractivity (Wildman–Crippen MR) is 53.5 cm³/mol. The SMILES string of the molecule is Cc1occ(C(C)(C)C)c1CC(=O)O. The molecular formula is C11H16O3. The maximum Gasteiger partial charge on any atom is 0.307 e. The van der Waals surface area contributed by atoms with Crippen LogP contribution >= 0.6 is 0 Å². The molecule has 0 fully saturated rings. The molecule has 0 aliphatic heterocycles. The molecule has 0 amide bonds. The zero-order chi connectivity index (χ0) is 10.9. The summed E-state index contributed by atoms with van der Waals surface area (Å²) >= 11 is 0. The lowest BCUT2D eigenvalue weighted by Gasteiger charge is -2.18. The van der Waals surface area contributed by atoms with Crippen molar-refractivity contribution in [1.82, 2.24) is 0 Å². The molecule has 0 unspecified atom stereocenters. The first kappa shape index (κ1) is 10.8. The fourth-order valence-corrected chi connectivity index (χ4v) is 1.48. The Morgan fingerprint density at radius 1 is 1.50 bits per heavy atom. The number of hydrogen-bond donors (Lipinski definition) is 1. The highest BCUT2D eigenvalue weighted by Crippen LogP contribution is 2.29. The number of carboxylic acids is 1. The third-order valence-electron chi connectivity index (χ3n) is 2.24. The molecular weight excluding hydrogens is 180 g/mol. The predicted octanol–water partition coefficient (Wildman–Crippen LogP) is 2.51. The van der Waals surface area contributed by atoms with Gasteiger partial charge in [0, 0.05) is 5.56 Å². The third-order valence-corrected chi connectivity index (χ3v) is 2.24. The van der Waals surface area contributed by atoms with Crippen LogP contribution in [0.25, 0.3) is 0 Å². The van der Waals surface area contributed by atoms with E-state index in [4.69, 9.17) is 9.52 Å². The van der Waals surface area contributed by atoms with Gasteiger partial charge in [0.05, 0.1) is 12.7 Å². The van der Waals surface area contributed by atoms with E-state index in [9.17, 15) is 4.79 Å². The first-order valence-electron chi connectivity index (χ1n) is 4.61. The molecule has 14 heavy (non-hydrogen) atoms. The number of rotatable bonds is 2. The molecule has 1 rings (SSSR count). The molecule has 1 heterocycles. The number of aryl methyl sites for hydroxylation is 1. The number of furan rings is 1. The van der Waals surface area contributed by atoms with Gasteiger partial charge in [-0.15, -0.1) is 0 Å². The molecule has 0 aliphatic carbocycles. The molecule has 0 radical (unpaired) electrons. The van der Waals surface area contributed by atoms with Crippen molar-refractivity contribution in [1.29, 1.82) is 0 Å². The van der Waals surface area contributed by atoms with Gasteiger partial charge in [-0.3, -0.25) is 4.79 Å². The molecule has 0 aliphatic rings. The van der Waals surface area contributed by atoms with Gasteiger partial charge in [-0.2, -0.15) is 0 Å². The van der Waals surface area contributed by atoms with Gasteiger partial charge in [0.25, 0.3) is 0 Å². The van der Waals surface area contributed by atoms with Gasteiger partial charge < -0.3 is 9.52 Å². The van der Waals surface area contributed by atoms with Gasteiger partial charge in [0.15, 0.2) is 0 Å². The van der Waals surface area contributed by atoms with E-state index >= 15 is 0 Å². The Labute approximate surface area is 83.7 Å². The molecule has 0 saturated carbocycles. The van der Waals surface area contributed by atoms with Crippen molar-refractivity contribution in [3.63, 3.8) is 0 Å². The van der Waals surface area contributed by atoms with Crippen molar-refractivity contribution in [3.05, 3.63) is 23.2 Å². The van der Waals surface area contributed by atoms with Crippen LogP contribution in [0.1, 0.15) is 37.7 Å². The van der Waals surface area contributed by atoms with Gasteiger partial charge in [-0.25, -0.2) is 0 Å². The van der Waals surface area contributed by atoms with Crippen molar-refractivity contribution in [2.45, 2.75) is 39.5 Å². The minimum absolute atomic E-state index is 0.0366. The van der Waals surface area contributed by atoms with Gasteiger partial charge >= 0.3 is 5.97 Å². The number of hydrogen-bond acceptors (Lipinski definition) is 2. The summed E-state index contributed by atoms with van der Waals surface area (Å²) in [6.45, 7) is 7.93. The maximum atomic E-state index is 10.7. The van der Waals surface area contributed by atoms with Crippen molar-refractivity contribution in [2.75, 3.05) is 0 Å². The number of carbonyl (C=O) groups is 1. The number of carboxylic acid groups (broad SMARTS) is 1. The molecule has 0 bridgehead atoms. The van der Waals surface area contributed by atoms with E-state index in [-0.39, 0.29) is 11.8 Å². The third kappa shape index (κ3) is 2.16. The van der Waals surface area contributed by atoms with E-state index in [1.165, 1.54) is 0 Å². The zero-order valence-corrected chi connectivity index (χ0v) is 9.05. The first-order valence-corrected chi connectivity index (χ1v) is 4.61. The van der Waals surface area contributed by atoms with Crippen LogP contribution in [-0.2, 0) is 16.6 Å². The fraction of sp³-hybridized carbons (Fsp3) is 0.545. The normalized spacial score (nSPS) is 11.7. The average Bonchev–Trinajstić information content (AvgIpc) is 2.30. The Bertz CT molecular complexity index is 342. The van der Waals surface area contributed by atoms with Crippen LogP contribution in [0.4, 0.5) is 0 Å². The van der Waals surface area contributed by atoms with E-state index < -0.39 is 5.97 Å². The fourth-order valence-electron chi connectivity index (χ4n) is 1.48. The molecule has 0 aromatic carbocycles. The molecule has 3 heteroatoms. The Kier molecular flexibility index (Phi) is 2.69. The van der Waals surface area contributed by atoms with Crippen LogP contribution in [0.5, 0.6) is 0 Å². The quantitative estimate of drug-likeness (QED) is 0.790. The van der Waals surface area contributed by atoms with Gasteiger partial charge in [0.2, 0.25) is 0 Å². The van der Waals surface area contributed by atoms with Crippen LogP contribution in [0.2, 0.25) is 0 Å². The second kappa shape index (κ2) is 3.48. The smallest absolute Gasteiger partial charge is 0.307 e. The monoisotopic (exact) mass is 196 g/mol. The van der Waals surface area contributed by atoms with Crippen molar-refractivity contribution in [2.24, 2.45) is 0 Å². The van der Waals surface area contributed by atoms with Crippen molar-refractivity contribution < 1.29 is 14.3 Å². The Balaban J connectivity index is 3.13. The minimum atomic E-state index is -0.819.